The van der Waals surface area contributed by atoms with Crippen molar-refractivity contribution in [1.82, 2.24) is 4.31 Å². The molecular formula is C23H24N2O4S. The van der Waals surface area contributed by atoms with Crippen LogP contribution in [-0.4, -0.2) is 32.3 Å². The Morgan fingerprint density at radius 1 is 0.967 bits per heavy atom. The number of nitrogens with one attached hydrogen (secondary N) is 1. The van der Waals surface area contributed by atoms with Crippen LogP contribution in [0.5, 0.6) is 5.75 Å². The Morgan fingerprint density at radius 3 is 2.23 bits per heavy atom. The Bertz CT molecular complexity index is 1100. The normalized spacial score (nSPS) is 11.3. The molecule has 0 aliphatic heterocycles. The Balaban J connectivity index is 1.87. The SMILES string of the molecule is CCOc1ccc(C(=O)Nc2ccccc2)cc1CN(C)S(=O)(=O)c1ccccc1. The number of para-hydroxylation sites is 1. The van der Waals surface area contributed by atoms with E-state index >= 15 is 0 Å². The fraction of sp³-hybridized carbons (Fsp3) is 0.174. The predicted molar refractivity (Wildman–Crippen MR) is 117 cm³/mol. The van der Waals surface area contributed by atoms with Gasteiger partial charge in [-0.1, -0.05) is 36.4 Å². The smallest absolute Gasteiger partial charge is 0.255 e. The molecule has 6 nitrogen and oxygen atoms in total. The molecule has 0 heterocycles. The first-order chi connectivity index (χ1) is 14.4. The molecule has 0 unspecified atom stereocenters. The molecule has 3 aromatic rings. The second-order valence-electron chi connectivity index (χ2n) is 6.65. The standard InChI is InChI=1S/C23H24N2O4S/c1-3-29-22-15-14-18(23(26)24-20-10-6-4-7-11-20)16-19(22)17-25(2)30(27,28)21-12-8-5-9-13-21/h4-16H,3,17H2,1-2H3,(H,24,26). The van der Waals surface area contributed by atoms with E-state index in [0.717, 1.165) is 0 Å². The van der Waals surface area contributed by atoms with E-state index in [1.807, 2.05) is 25.1 Å². The monoisotopic (exact) mass is 424 g/mol. The Kier molecular flexibility index (Phi) is 6.87. The van der Waals surface area contributed by atoms with Crippen LogP contribution >= 0.6 is 0 Å². The van der Waals surface area contributed by atoms with Gasteiger partial charge >= 0.3 is 0 Å². The number of anilines is 1. The highest BCUT2D eigenvalue weighted by atomic mass is 32.2. The number of carbonyl (C=O) groups is 1. The van der Waals surface area contributed by atoms with Gasteiger partial charge in [0.15, 0.2) is 0 Å². The van der Waals surface area contributed by atoms with Crippen molar-refractivity contribution in [1.29, 1.82) is 0 Å². The first-order valence-electron chi connectivity index (χ1n) is 9.55. The zero-order valence-electron chi connectivity index (χ0n) is 16.9. The molecule has 3 rings (SSSR count). The van der Waals surface area contributed by atoms with Crippen molar-refractivity contribution in [3.05, 3.63) is 90.0 Å². The maximum Gasteiger partial charge on any atom is 0.255 e. The van der Waals surface area contributed by atoms with Crippen LogP contribution in [0.25, 0.3) is 0 Å². The Labute approximate surface area is 177 Å². The quantitative estimate of drug-likeness (QED) is 0.589. The number of ether oxygens (including phenoxy) is 1. The van der Waals surface area contributed by atoms with Gasteiger partial charge in [-0.05, 0) is 49.4 Å². The van der Waals surface area contributed by atoms with Gasteiger partial charge in [-0.2, -0.15) is 4.31 Å². The van der Waals surface area contributed by atoms with E-state index in [-0.39, 0.29) is 17.3 Å². The molecule has 30 heavy (non-hydrogen) atoms. The first-order valence-corrected chi connectivity index (χ1v) is 11.0. The van der Waals surface area contributed by atoms with Crippen molar-refractivity contribution in [2.75, 3.05) is 19.0 Å². The van der Waals surface area contributed by atoms with Crippen molar-refractivity contribution in [2.24, 2.45) is 0 Å². The lowest BCUT2D eigenvalue weighted by atomic mass is 10.1. The highest BCUT2D eigenvalue weighted by Gasteiger charge is 2.22. The van der Waals surface area contributed by atoms with Gasteiger partial charge in [0.2, 0.25) is 10.0 Å². The maximum atomic E-state index is 12.9. The number of nitrogens with zero attached hydrogens (tertiary/aromatic N) is 1. The fourth-order valence-electron chi connectivity index (χ4n) is 2.96. The molecule has 0 aliphatic carbocycles. The third-order valence-corrected chi connectivity index (χ3v) is 6.32. The Hall–Kier alpha value is -3.16. The largest absolute Gasteiger partial charge is 0.494 e. The van der Waals surface area contributed by atoms with Crippen LogP contribution in [0.1, 0.15) is 22.8 Å². The summed E-state index contributed by atoms with van der Waals surface area (Å²) in [5.74, 6) is 0.267. The molecule has 1 N–H and O–H groups in total. The number of rotatable bonds is 8. The third kappa shape index (κ3) is 5.06. The number of amides is 1. The molecule has 0 saturated heterocycles. The van der Waals surface area contributed by atoms with Gasteiger partial charge in [-0.25, -0.2) is 8.42 Å². The van der Waals surface area contributed by atoms with E-state index < -0.39 is 10.0 Å². The van der Waals surface area contributed by atoms with Crippen LogP contribution < -0.4 is 10.1 Å². The van der Waals surface area contributed by atoms with Gasteiger partial charge in [0.1, 0.15) is 5.75 Å². The highest BCUT2D eigenvalue weighted by molar-refractivity contribution is 7.89. The molecule has 0 bridgehead atoms. The summed E-state index contributed by atoms with van der Waals surface area (Å²) in [5, 5.41) is 2.83. The number of hydrogen-bond acceptors (Lipinski definition) is 4. The summed E-state index contributed by atoms with van der Waals surface area (Å²) >= 11 is 0. The van der Waals surface area contributed by atoms with Crippen LogP contribution in [0.15, 0.2) is 83.8 Å². The van der Waals surface area contributed by atoms with E-state index in [4.69, 9.17) is 4.74 Å². The summed E-state index contributed by atoms with van der Waals surface area (Å²) in [6, 6.07) is 22.4. The molecule has 0 atom stereocenters. The van der Waals surface area contributed by atoms with Crippen molar-refractivity contribution in [3.8, 4) is 5.75 Å². The molecule has 0 aromatic heterocycles. The zero-order valence-corrected chi connectivity index (χ0v) is 17.7. The fourth-order valence-corrected chi connectivity index (χ4v) is 4.13. The first kappa shape index (κ1) is 21.5. The van der Waals surface area contributed by atoms with Gasteiger partial charge < -0.3 is 10.1 Å². The van der Waals surface area contributed by atoms with Crippen molar-refractivity contribution in [3.63, 3.8) is 0 Å². The molecular weight excluding hydrogens is 400 g/mol. The topological polar surface area (TPSA) is 75.7 Å². The lowest BCUT2D eigenvalue weighted by Crippen LogP contribution is -2.27. The number of sulfonamides is 1. The van der Waals surface area contributed by atoms with Gasteiger partial charge in [-0.15, -0.1) is 0 Å². The van der Waals surface area contributed by atoms with E-state index in [2.05, 4.69) is 5.32 Å². The van der Waals surface area contributed by atoms with Crippen LogP contribution in [0.3, 0.4) is 0 Å². The molecule has 156 valence electrons. The van der Waals surface area contributed by atoms with Gasteiger partial charge in [0.05, 0.1) is 11.5 Å². The summed E-state index contributed by atoms with van der Waals surface area (Å²) in [6.45, 7) is 2.35. The summed E-state index contributed by atoms with van der Waals surface area (Å²) in [4.78, 5) is 12.9. The van der Waals surface area contributed by atoms with Crippen molar-refractivity contribution < 1.29 is 17.9 Å². The lowest BCUT2D eigenvalue weighted by Gasteiger charge is -2.20. The second-order valence-corrected chi connectivity index (χ2v) is 8.69. The molecule has 0 saturated carbocycles. The highest BCUT2D eigenvalue weighted by Crippen LogP contribution is 2.25. The maximum absolute atomic E-state index is 12.9. The summed E-state index contributed by atoms with van der Waals surface area (Å²) in [7, 11) is -2.16. The molecule has 1 amide bonds. The molecule has 0 spiro atoms. The summed E-state index contributed by atoms with van der Waals surface area (Å²) in [6.07, 6.45) is 0. The van der Waals surface area contributed by atoms with E-state index in [1.54, 1.807) is 60.7 Å². The minimum atomic E-state index is -3.67. The number of benzene rings is 3. The second kappa shape index (κ2) is 9.56. The number of hydrogen-bond donors (Lipinski definition) is 1. The molecule has 0 radical (unpaired) electrons. The average Bonchev–Trinajstić information content (AvgIpc) is 2.76. The zero-order chi connectivity index (χ0) is 21.6. The van der Waals surface area contributed by atoms with Crippen LogP contribution in [0.4, 0.5) is 5.69 Å². The number of carbonyl (C=O) groups excluding carboxylic acids is 1. The lowest BCUT2D eigenvalue weighted by molar-refractivity contribution is 0.102. The molecule has 0 aliphatic rings. The predicted octanol–water partition coefficient (Wildman–Crippen LogP) is 4.16. The summed E-state index contributed by atoms with van der Waals surface area (Å²) < 4.78 is 32.6. The van der Waals surface area contributed by atoms with Gasteiger partial charge in [0, 0.05) is 30.4 Å². The minimum Gasteiger partial charge on any atom is -0.494 e. The van der Waals surface area contributed by atoms with Gasteiger partial charge in [0.25, 0.3) is 5.91 Å². The van der Waals surface area contributed by atoms with E-state index in [9.17, 15) is 13.2 Å². The van der Waals surface area contributed by atoms with Crippen molar-refractivity contribution in [2.45, 2.75) is 18.4 Å². The molecule has 7 heteroatoms. The van der Waals surface area contributed by atoms with Crippen LogP contribution in [-0.2, 0) is 16.6 Å². The summed E-state index contributed by atoms with van der Waals surface area (Å²) in [5.41, 5.74) is 1.71. The van der Waals surface area contributed by atoms with E-state index in [0.29, 0.717) is 29.2 Å². The molecule has 0 fully saturated rings. The van der Waals surface area contributed by atoms with Crippen LogP contribution in [0, 0.1) is 0 Å². The Morgan fingerprint density at radius 2 is 1.60 bits per heavy atom. The minimum absolute atomic E-state index is 0.0685. The van der Waals surface area contributed by atoms with E-state index in [1.165, 1.54) is 11.4 Å². The average molecular weight is 425 g/mol. The van der Waals surface area contributed by atoms with Crippen molar-refractivity contribution >= 4 is 21.6 Å². The van der Waals surface area contributed by atoms with Crippen LogP contribution in [0.2, 0.25) is 0 Å². The van der Waals surface area contributed by atoms with Gasteiger partial charge in [-0.3, -0.25) is 4.79 Å². The molecule has 3 aromatic carbocycles. The third-order valence-electron chi connectivity index (χ3n) is 4.50.